The fraction of sp³-hybridized carbons (Fsp3) is 0.286. The summed E-state index contributed by atoms with van der Waals surface area (Å²) in [6.45, 7) is 4.79. The van der Waals surface area contributed by atoms with E-state index in [0.29, 0.717) is 16.0 Å². The second-order valence-electron chi connectivity index (χ2n) is 4.18. The van der Waals surface area contributed by atoms with Crippen molar-refractivity contribution in [3.05, 3.63) is 40.4 Å². The topological polar surface area (TPSA) is 49.8 Å². The summed E-state index contributed by atoms with van der Waals surface area (Å²) < 4.78 is 14.6. The second kappa shape index (κ2) is 6.65. The van der Waals surface area contributed by atoms with Crippen LogP contribution < -0.4 is 10.6 Å². The van der Waals surface area contributed by atoms with Crippen molar-refractivity contribution < 1.29 is 4.39 Å². The Hall–Kier alpha value is -1.69. The monoisotopic (exact) mass is 338 g/mol. The molecule has 1 aromatic carbocycles. The number of aromatic nitrogens is 2. The van der Waals surface area contributed by atoms with E-state index >= 15 is 0 Å². The van der Waals surface area contributed by atoms with Crippen molar-refractivity contribution in [2.45, 2.75) is 20.3 Å². The van der Waals surface area contributed by atoms with Gasteiger partial charge in [0.1, 0.15) is 23.8 Å². The van der Waals surface area contributed by atoms with Gasteiger partial charge in [0.25, 0.3) is 0 Å². The van der Waals surface area contributed by atoms with E-state index < -0.39 is 0 Å². The molecule has 2 N–H and O–H groups in total. The lowest BCUT2D eigenvalue weighted by Gasteiger charge is -2.14. The van der Waals surface area contributed by atoms with E-state index in [1.165, 1.54) is 12.4 Å². The first-order valence-corrected chi connectivity index (χ1v) is 7.24. The fourth-order valence-electron chi connectivity index (χ4n) is 1.89. The minimum atomic E-state index is -0.329. The predicted molar refractivity (Wildman–Crippen MR) is 83.0 cm³/mol. The highest BCUT2D eigenvalue weighted by molar-refractivity contribution is 9.10. The first-order chi connectivity index (χ1) is 9.65. The maximum Gasteiger partial charge on any atom is 0.147 e. The van der Waals surface area contributed by atoms with Gasteiger partial charge in [-0.2, -0.15) is 0 Å². The Bertz CT molecular complexity index is 604. The Labute approximate surface area is 126 Å². The largest absolute Gasteiger partial charge is 0.370 e. The number of nitrogens with one attached hydrogen (secondary N) is 2. The molecule has 0 saturated carbocycles. The van der Waals surface area contributed by atoms with Crippen LogP contribution in [0.2, 0.25) is 0 Å². The van der Waals surface area contributed by atoms with Crippen LogP contribution in [0.4, 0.5) is 21.7 Å². The Morgan fingerprint density at radius 1 is 1.20 bits per heavy atom. The third-order valence-electron chi connectivity index (χ3n) is 2.83. The molecule has 0 unspecified atom stereocenters. The van der Waals surface area contributed by atoms with Gasteiger partial charge < -0.3 is 10.6 Å². The molecule has 0 amide bonds. The summed E-state index contributed by atoms with van der Waals surface area (Å²) in [7, 11) is 0. The van der Waals surface area contributed by atoms with E-state index in [2.05, 4.69) is 36.5 Å². The summed E-state index contributed by atoms with van der Waals surface area (Å²) in [5.74, 6) is 1.08. The van der Waals surface area contributed by atoms with Crippen molar-refractivity contribution in [1.29, 1.82) is 0 Å². The van der Waals surface area contributed by atoms with E-state index in [9.17, 15) is 4.39 Å². The predicted octanol–water partition coefficient (Wildman–Crippen LogP) is 4.12. The molecule has 0 spiro atoms. The molecular weight excluding hydrogens is 323 g/mol. The number of nitrogens with zero attached hydrogens (tertiary/aromatic N) is 2. The quantitative estimate of drug-likeness (QED) is 0.861. The van der Waals surface area contributed by atoms with Crippen LogP contribution in [0, 0.1) is 5.82 Å². The van der Waals surface area contributed by atoms with Crippen LogP contribution in [-0.2, 0) is 6.42 Å². The zero-order chi connectivity index (χ0) is 14.5. The van der Waals surface area contributed by atoms with Crippen molar-refractivity contribution in [1.82, 2.24) is 9.97 Å². The molecule has 6 heteroatoms. The van der Waals surface area contributed by atoms with Gasteiger partial charge in [-0.3, -0.25) is 0 Å². The molecule has 0 fully saturated rings. The van der Waals surface area contributed by atoms with Gasteiger partial charge in [0.15, 0.2) is 0 Å². The molecule has 0 aliphatic heterocycles. The van der Waals surface area contributed by atoms with Gasteiger partial charge in [-0.15, -0.1) is 0 Å². The van der Waals surface area contributed by atoms with Crippen LogP contribution in [0.3, 0.4) is 0 Å². The number of benzene rings is 1. The highest BCUT2D eigenvalue weighted by Gasteiger charge is 2.11. The number of anilines is 3. The van der Waals surface area contributed by atoms with Crippen molar-refractivity contribution in [2.24, 2.45) is 0 Å². The summed E-state index contributed by atoms with van der Waals surface area (Å²) in [4.78, 5) is 8.43. The summed E-state index contributed by atoms with van der Waals surface area (Å²) in [6, 6.07) is 4.87. The van der Waals surface area contributed by atoms with Crippen LogP contribution >= 0.6 is 15.9 Å². The fourth-order valence-corrected chi connectivity index (χ4v) is 2.23. The molecular formula is C14H16BrFN4. The average Bonchev–Trinajstić information content (AvgIpc) is 2.42. The molecule has 4 nitrogen and oxygen atoms in total. The third-order valence-corrected chi connectivity index (χ3v) is 3.32. The van der Waals surface area contributed by atoms with E-state index in [4.69, 9.17) is 0 Å². The van der Waals surface area contributed by atoms with Gasteiger partial charge in [-0.1, -0.05) is 22.9 Å². The van der Waals surface area contributed by atoms with Crippen LogP contribution in [0.25, 0.3) is 0 Å². The molecule has 1 heterocycles. The summed E-state index contributed by atoms with van der Waals surface area (Å²) in [5.41, 5.74) is 1.33. The first-order valence-electron chi connectivity index (χ1n) is 6.45. The van der Waals surface area contributed by atoms with Gasteiger partial charge in [0.2, 0.25) is 0 Å². The van der Waals surface area contributed by atoms with Gasteiger partial charge in [-0.05, 0) is 31.5 Å². The summed E-state index contributed by atoms with van der Waals surface area (Å²) in [5, 5.41) is 6.22. The molecule has 0 aliphatic rings. The zero-order valence-electron chi connectivity index (χ0n) is 11.4. The average molecular weight is 339 g/mol. The van der Waals surface area contributed by atoms with Crippen molar-refractivity contribution >= 4 is 33.3 Å². The molecule has 0 bridgehead atoms. The SMILES string of the molecule is CCNc1ncnc(Nc2ccc(Br)cc2F)c1CC. The van der Waals surface area contributed by atoms with Crippen LogP contribution in [0.1, 0.15) is 19.4 Å². The lowest BCUT2D eigenvalue weighted by Crippen LogP contribution is -2.08. The molecule has 106 valence electrons. The molecule has 2 aromatic rings. The minimum absolute atomic E-state index is 0.329. The van der Waals surface area contributed by atoms with Crippen molar-refractivity contribution in [3.8, 4) is 0 Å². The normalized spacial score (nSPS) is 10.4. The molecule has 0 atom stereocenters. The van der Waals surface area contributed by atoms with Crippen LogP contribution in [0.5, 0.6) is 0 Å². The molecule has 0 radical (unpaired) electrons. The number of hydrogen-bond acceptors (Lipinski definition) is 4. The van der Waals surface area contributed by atoms with Gasteiger partial charge in [0.05, 0.1) is 5.69 Å². The Morgan fingerprint density at radius 3 is 2.60 bits per heavy atom. The van der Waals surface area contributed by atoms with Gasteiger partial charge in [0, 0.05) is 16.6 Å². The second-order valence-corrected chi connectivity index (χ2v) is 5.10. The molecule has 1 aromatic heterocycles. The highest BCUT2D eigenvalue weighted by Crippen LogP contribution is 2.26. The molecule has 20 heavy (non-hydrogen) atoms. The highest BCUT2D eigenvalue weighted by atomic mass is 79.9. The van der Waals surface area contributed by atoms with Crippen molar-refractivity contribution in [2.75, 3.05) is 17.2 Å². The van der Waals surface area contributed by atoms with Gasteiger partial charge in [-0.25, -0.2) is 14.4 Å². The Kier molecular flexibility index (Phi) is 4.89. The smallest absolute Gasteiger partial charge is 0.147 e. The zero-order valence-corrected chi connectivity index (χ0v) is 13.0. The maximum absolute atomic E-state index is 13.9. The number of hydrogen-bond donors (Lipinski definition) is 2. The molecule has 0 saturated heterocycles. The maximum atomic E-state index is 13.9. The lowest BCUT2D eigenvalue weighted by molar-refractivity contribution is 0.631. The number of halogens is 2. The molecule has 2 rings (SSSR count). The van der Waals surface area contributed by atoms with Crippen molar-refractivity contribution in [3.63, 3.8) is 0 Å². The van der Waals surface area contributed by atoms with E-state index in [0.717, 1.165) is 24.3 Å². The summed E-state index contributed by atoms with van der Waals surface area (Å²) in [6.07, 6.45) is 2.22. The minimum Gasteiger partial charge on any atom is -0.370 e. The number of rotatable bonds is 5. The Balaban J connectivity index is 2.35. The van der Waals surface area contributed by atoms with E-state index in [-0.39, 0.29) is 5.82 Å². The summed E-state index contributed by atoms with van der Waals surface area (Å²) >= 11 is 3.24. The van der Waals surface area contributed by atoms with Crippen LogP contribution in [-0.4, -0.2) is 16.5 Å². The standard InChI is InChI=1S/C14H16BrFN4/c1-3-10-13(17-4-2)18-8-19-14(10)20-12-6-5-9(15)7-11(12)16/h5-8H,3-4H2,1-2H3,(H2,17,18,19,20). The molecule has 0 aliphatic carbocycles. The van der Waals surface area contributed by atoms with Gasteiger partial charge >= 0.3 is 0 Å². The van der Waals surface area contributed by atoms with Crippen LogP contribution in [0.15, 0.2) is 29.0 Å². The Morgan fingerprint density at radius 2 is 1.95 bits per heavy atom. The lowest BCUT2D eigenvalue weighted by atomic mass is 10.2. The first kappa shape index (κ1) is 14.7. The van der Waals surface area contributed by atoms with E-state index in [1.54, 1.807) is 12.1 Å². The van der Waals surface area contributed by atoms with E-state index in [1.807, 2.05) is 13.8 Å². The third kappa shape index (κ3) is 3.25.